The second-order valence-corrected chi connectivity index (χ2v) is 5.86. The van der Waals surface area contributed by atoms with Gasteiger partial charge in [0.05, 0.1) is 6.20 Å². The third kappa shape index (κ3) is 4.58. The molecule has 2 heterocycles. The molecule has 0 unspecified atom stereocenters. The van der Waals surface area contributed by atoms with Crippen molar-refractivity contribution in [2.75, 3.05) is 6.54 Å². The molecule has 0 aliphatic carbocycles. The Balaban J connectivity index is 2.07. The van der Waals surface area contributed by atoms with Crippen LogP contribution >= 0.6 is 15.9 Å². The van der Waals surface area contributed by atoms with Crippen LogP contribution in [0.4, 0.5) is 0 Å². The predicted octanol–water partition coefficient (Wildman–Crippen LogP) is 3.78. The summed E-state index contributed by atoms with van der Waals surface area (Å²) in [6.07, 6.45) is 6.97. The Morgan fingerprint density at radius 1 is 1.25 bits per heavy atom. The zero-order chi connectivity index (χ0) is 14.4. The molecule has 0 saturated heterocycles. The van der Waals surface area contributed by atoms with E-state index in [1.54, 1.807) is 18.6 Å². The van der Waals surface area contributed by atoms with E-state index in [0.29, 0.717) is 11.7 Å². The number of halogens is 1. The van der Waals surface area contributed by atoms with Crippen LogP contribution in [0.5, 0.6) is 11.5 Å². The first-order valence-corrected chi connectivity index (χ1v) is 7.36. The van der Waals surface area contributed by atoms with E-state index >= 15 is 0 Å². The van der Waals surface area contributed by atoms with Crippen LogP contribution in [-0.2, 0) is 6.54 Å². The monoisotopic (exact) mass is 335 g/mol. The van der Waals surface area contributed by atoms with Crippen molar-refractivity contribution in [2.45, 2.75) is 20.4 Å². The van der Waals surface area contributed by atoms with Gasteiger partial charge in [0.1, 0.15) is 11.5 Å². The molecule has 0 radical (unpaired) electrons. The number of hydrogen-bond acceptors (Lipinski definition) is 4. The first-order valence-electron chi connectivity index (χ1n) is 6.57. The van der Waals surface area contributed by atoms with Gasteiger partial charge in [-0.3, -0.25) is 9.97 Å². The van der Waals surface area contributed by atoms with Crippen LogP contribution in [-0.4, -0.2) is 16.5 Å². The summed E-state index contributed by atoms with van der Waals surface area (Å²) in [6.45, 7) is 6.07. The number of hydrogen-bond donors (Lipinski definition) is 1. The lowest BCUT2D eigenvalue weighted by atomic mass is 10.2. The van der Waals surface area contributed by atoms with E-state index in [4.69, 9.17) is 4.74 Å². The molecule has 0 bridgehead atoms. The second-order valence-electron chi connectivity index (χ2n) is 4.95. The number of rotatable bonds is 6. The smallest absolute Gasteiger partial charge is 0.146 e. The molecule has 0 atom stereocenters. The molecule has 0 saturated carbocycles. The Hall–Kier alpha value is -1.46. The molecule has 0 aliphatic heterocycles. The van der Waals surface area contributed by atoms with Crippen LogP contribution in [0.2, 0.25) is 0 Å². The largest absolute Gasteiger partial charge is 0.455 e. The van der Waals surface area contributed by atoms with Gasteiger partial charge in [-0.05, 0) is 40.5 Å². The third-order valence-electron chi connectivity index (χ3n) is 2.63. The van der Waals surface area contributed by atoms with Gasteiger partial charge in [-0.15, -0.1) is 0 Å². The zero-order valence-corrected chi connectivity index (χ0v) is 13.2. The summed E-state index contributed by atoms with van der Waals surface area (Å²) >= 11 is 3.38. The lowest BCUT2D eigenvalue weighted by molar-refractivity contribution is 0.465. The maximum atomic E-state index is 5.88. The lowest BCUT2D eigenvalue weighted by Gasteiger charge is -2.12. The molecule has 0 amide bonds. The van der Waals surface area contributed by atoms with E-state index in [1.807, 2.05) is 18.3 Å². The Kier molecular flexibility index (Phi) is 5.49. The number of aromatic nitrogens is 2. The van der Waals surface area contributed by atoms with Gasteiger partial charge in [0, 0.05) is 35.2 Å². The molecule has 0 aromatic carbocycles. The summed E-state index contributed by atoms with van der Waals surface area (Å²) in [5.74, 6) is 2.12. The van der Waals surface area contributed by atoms with Crippen LogP contribution < -0.4 is 10.1 Å². The van der Waals surface area contributed by atoms with Gasteiger partial charge in [0.25, 0.3) is 0 Å². The van der Waals surface area contributed by atoms with Crippen molar-refractivity contribution in [3.05, 3.63) is 47.0 Å². The van der Waals surface area contributed by atoms with Crippen molar-refractivity contribution in [3.63, 3.8) is 0 Å². The summed E-state index contributed by atoms with van der Waals surface area (Å²) < 4.78 is 6.77. The summed E-state index contributed by atoms with van der Waals surface area (Å²) in [4.78, 5) is 8.25. The third-order valence-corrected chi connectivity index (χ3v) is 3.07. The number of pyridine rings is 2. The fourth-order valence-corrected chi connectivity index (χ4v) is 2.06. The van der Waals surface area contributed by atoms with E-state index in [1.165, 1.54) is 0 Å². The molecule has 2 rings (SSSR count). The van der Waals surface area contributed by atoms with Crippen LogP contribution in [0.1, 0.15) is 19.4 Å². The maximum Gasteiger partial charge on any atom is 0.146 e. The topological polar surface area (TPSA) is 47.0 Å². The quantitative estimate of drug-likeness (QED) is 0.872. The first kappa shape index (κ1) is 14.9. The molecule has 20 heavy (non-hydrogen) atoms. The number of nitrogens with one attached hydrogen (secondary N) is 1. The highest BCUT2D eigenvalue weighted by Crippen LogP contribution is 2.25. The summed E-state index contributed by atoms with van der Waals surface area (Å²) in [5, 5.41) is 3.39. The average molecular weight is 336 g/mol. The van der Waals surface area contributed by atoms with Crippen LogP contribution in [0, 0.1) is 5.92 Å². The molecule has 0 aliphatic rings. The minimum Gasteiger partial charge on any atom is -0.455 e. The first-order chi connectivity index (χ1) is 9.65. The van der Waals surface area contributed by atoms with Gasteiger partial charge in [-0.25, -0.2) is 0 Å². The van der Waals surface area contributed by atoms with Crippen molar-refractivity contribution in [1.29, 1.82) is 0 Å². The van der Waals surface area contributed by atoms with E-state index in [2.05, 4.69) is 45.1 Å². The summed E-state index contributed by atoms with van der Waals surface area (Å²) in [5.41, 5.74) is 1.04. The normalized spacial score (nSPS) is 10.8. The van der Waals surface area contributed by atoms with Gasteiger partial charge >= 0.3 is 0 Å². The predicted molar refractivity (Wildman–Crippen MR) is 82.8 cm³/mol. The number of nitrogens with zero attached hydrogens (tertiary/aromatic N) is 2. The summed E-state index contributed by atoms with van der Waals surface area (Å²) in [6, 6.07) is 3.76. The van der Waals surface area contributed by atoms with Crippen molar-refractivity contribution in [1.82, 2.24) is 15.3 Å². The van der Waals surface area contributed by atoms with Gasteiger partial charge in [-0.1, -0.05) is 13.8 Å². The van der Waals surface area contributed by atoms with Crippen molar-refractivity contribution in [3.8, 4) is 11.5 Å². The fourth-order valence-electron chi connectivity index (χ4n) is 1.72. The molecule has 0 fully saturated rings. The van der Waals surface area contributed by atoms with Gasteiger partial charge < -0.3 is 10.1 Å². The summed E-state index contributed by atoms with van der Waals surface area (Å²) in [7, 11) is 0. The average Bonchev–Trinajstić information content (AvgIpc) is 2.40. The Bertz CT molecular complexity index is 560. The van der Waals surface area contributed by atoms with Gasteiger partial charge in [-0.2, -0.15) is 0 Å². The molecule has 4 nitrogen and oxygen atoms in total. The van der Waals surface area contributed by atoms with E-state index in [9.17, 15) is 0 Å². The van der Waals surface area contributed by atoms with Gasteiger partial charge in [0.15, 0.2) is 0 Å². The number of ether oxygens (including phenoxy) is 1. The second kappa shape index (κ2) is 7.36. The van der Waals surface area contributed by atoms with Gasteiger partial charge in [0.2, 0.25) is 0 Å². The molecular formula is C15H18BrN3O. The van der Waals surface area contributed by atoms with Crippen molar-refractivity contribution in [2.24, 2.45) is 5.92 Å². The fraction of sp³-hybridized carbons (Fsp3) is 0.333. The molecule has 5 heteroatoms. The lowest BCUT2D eigenvalue weighted by Crippen LogP contribution is -2.19. The van der Waals surface area contributed by atoms with E-state index in [0.717, 1.165) is 28.9 Å². The molecule has 0 spiro atoms. The van der Waals surface area contributed by atoms with Crippen LogP contribution in [0.15, 0.2) is 41.4 Å². The van der Waals surface area contributed by atoms with Crippen molar-refractivity contribution < 1.29 is 4.74 Å². The molecule has 2 aromatic rings. The molecular weight excluding hydrogens is 318 g/mol. The Labute approximate surface area is 127 Å². The van der Waals surface area contributed by atoms with E-state index < -0.39 is 0 Å². The maximum absolute atomic E-state index is 5.88. The standard InChI is InChI=1S/C15H18BrN3O/c1-11(2)6-18-8-12-7-17-4-3-15(12)20-14-5-13(16)9-19-10-14/h3-5,7,9-11,18H,6,8H2,1-2H3. The van der Waals surface area contributed by atoms with E-state index in [-0.39, 0.29) is 0 Å². The van der Waals surface area contributed by atoms with Crippen molar-refractivity contribution >= 4 is 15.9 Å². The Morgan fingerprint density at radius 2 is 2.10 bits per heavy atom. The highest BCUT2D eigenvalue weighted by atomic mass is 79.9. The Morgan fingerprint density at radius 3 is 2.85 bits per heavy atom. The highest BCUT2D eigenvalue weighted by molar-refractivity contribution is 9.10. The molecule has 106 valence electrons. The van der Waals surface area contributed by atoms with Crippen LogP contribution in [0.25, 0.3) is 0 Å². The zero-order valence-electron chi connectivity index (χ0n) is 11.6. The van der Waals surface area contributed by atoms with Crippen LogP contribution in [0.3, 0.4) is 0 Å². The minimum atomic E-state index is 0.616. The highest BCUT2D eigenvalue weighted by Gasteiger charge is 2.06. The molecule has 1 N–H and O–H groups in total. The SMILES string of the molecule is CC(C)CNCc1cnccc1Oc1cncc(Br)c1. The minimum absolute atomic E-state index is 0.616. The molecule has 2 aromatic heterocycles.